The van der Waals surface area contributed by atoms with Gasteiger partial charge in [-0.3, -0.25) is 9.59 Å². The molecule has 0 radical (unpaired) electrons. The Labute approximate surface area is 144 Å². The van der Waals surface area contributed by atoms with Crippen molar-refractivity contribution in [1.29, 1.82) is 0 Å². The van der Waals surface area contributed by atoms with Crippen molar-refractivity contribution in [2.75, 3.05) is 5.73 Å². The van der Waals surface area contributed by atoms with Crippen molar-refractivity contribution in [1.82, 2.24) is 0 Å². The molecule has 4 heteroatoms. The minimum atomic E-state index is -0.253. The maximum absolute atomic E-state index is 13.0. The summed E-state index contributed by atoms with van der Waals surface area (Å²) in [6.07, 6.45) is 0. The molecule has 25 heavy (non-hydrogen) atoms. The Morgan fingerprint density at radius 3 is 2.08 bits per heavy atom. The Kier molecular flexibility index (Phi) is 3.39. The molecule has 0 atom stereocenters. The smallest absolute Gasteiger partial charge is 0.198 e. The first-order valence-corrected chi connectivity index (χ1v) is 7.91. The highest BCUT2D eigenvalue weighted by Gasteiger charge is 2.33. The number of ketones is 2. The van der Waals surface area contributed by atoms with Crippen molar-refractivity contribution >= 4 is 17.3 Å². The van der Waals surface area contributed by atoms with Gasteiger partial charge in [-0.1, -0.05) is 42.0 Å². The van der Waals surface area contributed by atoms with E-state index in [4.69, 9.17) is 10.5 Å². The van der Waals surface area contributed by atoms with Crippen LogP contribution in [0.4, 0.5) is 5.69 Å². The molecule has 0 spiro atoms. The molecule has 0 amide bonds. The summed E-state index contributed by atoms with van der Waals surface area (Å²) in [6, 6.07) is 17.5. The van der Waals surface area contributed by atoms with Crippen molar-refractivity contribution in [3.8, 4) is 11.5 Å². The van der Waals surface area contributed by atoms with Crippen LogP contribution in [0.3, 0.4) is 0 Å². The number of carbonyl (C=O) groups is 2. The number of carbonyl (C=O) groups excluding carboxylic acids is 2. The number of benzene rings is 3. The highest BCUT2D eigenvalue weighted by molar-refractivity contribution is 6.30. The molecule has 0 saturated heterocycles. The lowest BCUT2D eigenvalue weighted by Gasteiger charge is -2.21. The summed E-state index contributed by atoms with van der Waals surface area (Å²) in [4.78, 5) is 25.8. The van der Waals surface area contributed by atoms with Gasteiger partial charge in [-0.05, 0) is 31.2 Å². The van der Waals surface area contributed by atoms with E-state index in [1.54, 1.807) is 36.4 Å². The summed E-state index contributed by atoms with van der Waals surface area (Å²) in [7, 11) is 0. The van der Waals surface area contributed by atoms with Crippen LogP contribution in [0, 0.1) is 6.92 Å². The van der Waals surface area contributed by atoms with Gasteiger partial charge >= 0.3 is 0 Å². The molecular formula is C21H15NO3. The Hall–Kier alpha value is -3.40. The molecule has 3 aromatic carbocycles. The maximum Gasteiger partial charge on any atom is 0.198 e. The van der Waals surface area contributed by atoms with Crippen LogP contribution in [0.2, 0.25) is 0 Å². The normalized spacial score (nSPS) is 12.5. The zero-order valence-electron chi connectivity index (χ0n) is 13.6. The van der Waals surface area contributed by atoms with Gasteiger partial charge in [-0.25, -0.2) is 0 Å². The second-order valence-corrected chi connectivity index (χ2v) is 6.02. The molecule has 0 aliphatic heterocycles. The third-order valence-electron chi connectivity index (χ3n) is 4.32. The number of anilines is 1. The van der Waals surface area contributed by atoms with Gasteiger partial charge in [0.05, 0.1) is 11.1 Å². The molecule has 1 aliphatic rings. The monoisotopic (exact) mass is 329 g/mol. The molecule has 4 nitrogen and oxygen atoms in total. The number of nitrogens with two attached hydrogens (primary N) is 1. The van der Waals surface area contributed by atoms with E-state index >= 15 is 0 Å². The summed E-state index contributed by atoms with van der Waals surface area (Å²) in [5.41, 5.74) is 8.53. The van der Waals surface area contributed by atoms with Gasteiger partial charge in [0.15, 0.2) is 11.6 Å². The second kappa shape index (κ2) is 5.60. The van der Waals surface area contributed by atoms with E-state index in [1.165, 1.54) is 0 Å². The van der Waals surface area contributed by atoms with Crippen LogP contribution in [0.5, 0.6) is 11.5 Å². The third-order valence-corrected chi connectivity index (χ3v) is 4.32. The van der Waals surface area contributed by atoms with Gasteiger partial charge in [0.2, 0.25) is 0 Å². The lowest BCUT2D eigenvalue weighted by molar-refractivity contribution is 0.0977. The number of rotatable bonds is 2. The van der Waals surface area contributed by atoms with Crippen LogP contribution in [0.15, 0.2) is 60.7 Å². The van der Waals surface area contributed by atoms with E-state index in [0.717, 1.165) is 5.56 Å². The fraction of sp³-hybridized carbons (Fsp3) is 0.0476. The lowest BCUT2D eigenvalue weighted by Crippen LogP contribution is -2.22. The van der Waals surface area contributed by atoms with Crippen LogP contribution in [-0.4, -0.2) is 11.6 Å². The average molecular weight is 329 g/mol. The van der Waals surface area contributed by atoms with Crippen molar-refractivity contribution in [3.05, 3.63) is 88.5 Å². The number of nitrogen functional groups attached to an aromatic ring is 1. The minimum Gasteiger partial charge on any atom is -0.457 e. The van der Waals surface area contributed by atoms with Crippen LogP contribution >= 0.6 is 0 Å². The summed E-state index contributed by atoms with van der Waals surface area (Å²) in [5, 5.41) is 0. The Bertz CT molecular complexity index is 1020. The largest absolute Gasteiger partial charge is 0.457 e. The second-order valence-electron chi connectivity index (χ2n) is 6.02. The molecule has 122 valence electrons. The van der Waals surface area contributed by atoms with Gasteiger partial charge in [0, 0.05) is 16.8 Å². The van der Waals surface area contributed by atoms with Gasteiger partial charge in [-0.15, -0.1) is 0 Å². The molecule has 0 heterocycles. The zero-order chi connectivity index (χ0) is 17.6. The van der Waals surface area contributed by atoms with E-state index in [0.29, 0.717) is 28.3 Å². The van der Waals surface area contributed by atoms with Crippen LogP contribution in [-0.2, 0) is 0 Å². The van der Waals surface area contributed by atoms with Gasteiger partial charge in [-0.2, -0.15) is 0 Å². The number of fused-ring (bicyclic) bond motifs is 2. The first kappa shape index (κ1) is 15.1. The van der Waals surface area contributed by atoms with Crippen molar-refractivity contribution in [2.45, 2.75) is 6.92 Å². The fourth-order valence-electron chi connectivity index (χ4n) is 3.06. The first-order chi connectivity index (χ1) is 12.1. The van der Waals surface area contributed by atoms with E-state index < -0.39 is 0 Å². The quantitative estimate of drug-likeness (QED) is 0.561. The molecule has 0 saturated carbocycles. The van der Waals surface area contributed by atoms with Crippen LogP contribution < -0.4 is 10.5 Å². The zero-order valence-corrected chi connectivity index (χ0v) is 13.6. The fourth-order valence-corrected chi connectivity index (χ4v) is 3.06. The summed E-state index contributed by atoms with van der Waals surface area (Å²) < 4.78 is 5.89. The first-order valence-electron chi connectivity index (χ1n) is 7.91. The van der Waals surface area contributed by atoms with Gasteiger partial charge in [0.25, 0.3) is 0 Å². The average Bonchev–Trinajstić information content (AvgIpc) is 2.61. The van der Waals surface area contributed by atoms with Gasteiger partial charge < -0.3 is 10.5 Å². The molecular weight excluding hydrogens is 314 g/mol. The Balaban J connectivity index is 1.85. The molecule has 0 bridgehead atoms. The number of hydrogen-bond donors (Lipinski definition) is 1. The molecule has 2 N–H and O–H groups in total. The van der Waals surface area contributed by atoms with Crippen LogP contribution in [0.1, 0.15) is 37.4 Å². The molecule has 3 aromatic rings. The SMILES string of the molecule is Cc1ccc(Oc2cccc3c2C(=O)c2cccc(N)c2C3=O)cc1. The van der Waals surface area contributed by atoms with Crippen LogP contribution in [0.25, 0.3) is 0 Å². The molecule has 0 unspecified atom stereocenters. The van der Waals surface area contributed by atoms with Gasteiger partial charge in [0.1, 0.15) is 11.5 Å². The van der Waals surface area contributed by atoms with E-state index in [2.05, 4.69) is 0 Å². The molecule has 4 rings (SSSR count). The Morgan fingerprint density at radius 1 is 0.760 bits per heavy atom. The molecule has 0 fully saturated rings. The summed E-state index contributed by atoms with van der Waals surface area (Å²) in [5.74, 6) is 0.474. The number of aryl methyl sites for hydroxylation is 1. The van der Waals surface area contributed by atoms with Crippen molar-refractivity contribution < 1.29 is 14.3 Å². The summed E-state index contributed by atoms with van der Waals surface area (Å²) >= 11 is 0. The standard InChI is InChI=1S/C21H15NO3/c1-12-8-10-13(11-9-12)25-17-7-3-5-15-19(17)21(24)14-4-2-6-16(22)18(14)20(15)23/h2-11H,22H2,1H3. The lowest BCUT2D eigenvalue weighted by atomic mass is 9.83. The number of hydrogen-bond acceptors (Lipinski definition) is 4. The highest BCUT2D eigenvalue weighted by Crippen LogP contribution is 2.37. The number of ether oxygens (including phenoxy) is 1. The Morgan fingerprint density at radius 2 is 1.36 bits per heavy atom. The minimum absolute atomic E-state index is 0.250. The van der Waals surface area contributed by atoms with E-state index in [9.17, 15) is 9.59 Å². The van der Waals surface area contributed by atoms with E-state index in [1.807, 2.05) is 31.2 Å². The van der Waals surface area contributed by atoms with Crippen molar-refractivity contribution in [3.63, 3.8) is 0 Å². The topological polar surface area (TPSA) is 69.4 Å². The maximum atomic E-state index is 13.0. The summed E-state index contributed by atoms with van der Waals surface area (Å²) in [6.45, 7) is 1.98. The van der Waals surface area contributed by atoms with E-state index in [-0.39, 0.29) is 22.7 Å². The third kappa shape index (κ3) is 2.39. The molecule has 0 aromatic heterocycles. The highest BCUT2D eigenvalue weighted by atomic mass is 16.5. The predicted molar refractivity (Wildman–Crippen MR) is 95.4 cm³/mol. The predicted octanol–water partition coefficient (Wildman–Crippen LogP) is 4.14. The molecule has 1 aliphatic carbocycles. The van der Waals surface area contributed by atoms with Crippen molar-refractivity contribution in [2.24, 2.45) is 0 Å².